The summed E-state index contributed by atoms with van der Waals surface area (Å²) in [6.07, 6.45) is 1.57. The van der Waals surface area contributed by atoms with Crippen molar-refractivity contribution in [3.05, 3.63) is 108 Å². The van der Waals surface area contributed by atoms with Gasteiger partial charge in [-0.1, -0.05) is 97.9 Å². The van der Waals surface area contributed by atoms with Crippen molar-refractivity contribution in [1.29, 1.82) is 0 Å². The molecule has 3 aromatic carbocycles. The molecule has 4 heteroatoms. The summed E-state index contributed by atoms with van der Waals surface area (Å²) in [7, 11) is 0. The summed E-state index contributed by atoms with van der Waals surface area (Å²) in [6.45, 7) is 8.37. The van der Waals surface area contributed by atoms with Crippen LogP contribution in [0.2, 0.25) is 0 Å². The van der Waals surface area contributed by atoms with Gasteiger partial charge in [-0.2, -0.15) is 0 Å². The molecule has 0 aromatic heterocycles. The van der Waals surface area contributed by atoms with Gasteiger partial charge in [-0.05, 0) is 50.3 Å². The van der Waals surface area contributed by atoms with E-state index in [-0.39, 0.29) is 23.3 Å². The zero-order valence-electron chi connectivity index (χ0n) is 21.4. The molecule has 0 saturated carbocycles. The van der Waals surface area contributed by atoms with E-state index in [2.05, 4.69) is 41.7 Å². The van der Waals surface area contributed by atoms with Crippen LogP contribution < -0.4 is 5.32 Å². The van der Waals surface area contributed by atoms with E-state index in [0.717, 1.165) is 16.7 Å². The molecule has 1 atom stereocenters. The Balaban J connectivity index is 1.90. The Morgan fingerprint density at radius 2 is 1.29 bits per heavy atom. The van der Waals surface area contributed by atoms with Gasteiger partial charge in [0.25, 0.3) is 0 Å². The topological polar surface area (TPSA) is 49.4 Å². The molecule has 3 aromatic rings. The molecule has 0 unspecified atom stereocenters. The highest BCUT2D eigenvalue weighted by molar-refractivity contribution is 5.88. The zero-order chi connectivity index (χ0) is 25.3. The van der Waals surface area contributed by atoms with Crippen LogP contribution in [-0.4, -0.2) is 34.8 Å². The Hall–Kier alpha value is -3.40. The summed E-state index contributed by atoms with van der Waals surface area (Å²) >= 11 is 0. The molecule has 3 rings (SSSR count). The van der Waals surface area contributed by atoms with Crippen molar-refractivity contribution in [3.63, 3.8) is 0 Å². The number of hydrogen-bond acceptors (Lipinski definition) is 2. The molecule has 35 heavy (non-hydrogen) atoms. The maximum absolute atomic E-state index is 13.9. The SMILES string of the molecule is CC[C@H](C(=O)NC(C)(C)C)N(CCc1ccccc1)C(=O)CC(c1ccccc1)c1ccccc1. The van der Waals surface area contributed by atoms with Gasteiger partial charge in [0.05, 0.1) is 0 Å². The molecule has 0 bridgehead atoms. The van der Waals surface area contributed by atoms with Crippen LogP contribution in [0.1, 0.15) is 63.1 Å². The van der Waals surface area contributed by atoms with Crippen molar-refractivity contribution < 1.29 is 9.59 Å². The van der Waals surface area contributed by atoms with Gasteiger partial charge in [0.15, 0.2) is 0 Å². The minimum absolute atomic E-state index is 0.00505. The second-order valence-electron chi connectivity index (χ2n) is 10.1. The highest BCUT2D eigenvalue weighted by atomic mass is 16.2. The van der Waals surface area contributed by atoms with Crippen molar-refractivity contribution in [2.75, 3.05) is 6.54 Å². The fourth-order valence-electron chi connectivity index (χ4n) is 4.44. The summed E-state index contributed by atoms with van der Waals surface area (Å²) in [5.41, 5.74) is 2.98. The Labute approximate surface area is 210 Å². The second kappa shape index (κ2) is 12.3. The molecular weight excluding hydrogens is 432 g/mol. The maximum atomic E-state index is 13.9. The lowest BCUT2D eigenvalue weighted by Crippen LogP contribution is -2.54. The van der Waals surface area contributed by atoms with Gasteiger partial charge >= 0.3 is 0 Å². The number of nitrogens with one attached hydrogen (secondary N) is 1. The van der Waals surface area contributed by atoms with Gasteiger partial charge in [0.1, 0.15) is 6.04 Å². The van der Waals surface area contributed by atoms with E-state index < -0.39 is 6.04 Å². The summed E-state index contributed by atoms with van der Waals surface area (Å²) in [6, 6.07) is 29.9. The largest absolute Gasteiger partial charge is 0.350 e. The van der Waals surface area contributed by atoms with Crippen LogP contribution in [0.3, 0.4) is 0 Å². The summed E-state index contributed by atoms with van der Waals surface area (Å²) in [4.78, 5) is 29.0. The minimum Gasteiger partial charge on any atom is -0.350 e. The highest BCUT2D eigenvalue weighted by Crippen LogP contribution is 2.29. The molecule has 2 amide bonds. The first-order valence-corrected chi connectivity index (χ1v) is 12.5. The average molecular weight is 471 g/mol. The molecule has 0 heterocycles. The number of amides is 2. The number of carbonyl (C=O) groups excluding carboxylic acids is 2. The van der Waals surface area contributed by atoms with Crippen LogP contribution in [0.4, 0.5) is 0 Å². The molecule has 0 aliphatic heterocycles. The number of nitrogens with zero attached hydrogens (tertiary/aromatic N) is 1. The van der Waals surface area contributed by atoms with Crippen molar-refractivity contribution in [2.24, 2.45) is 0 Å². The monoisotopic (exact) mass is 470 g/mol. The molecular formula is C31H38N2O2. The van der Waals surface area contributed by atoms with Gasteiger partial charge < -0.3 is 10.2 Å². The lowest BCUT2D eigenvalue weighted by Gasteiger charge is -2.34. The van der Waals surface area contributed by atoms with Crippen molar-refractivity contribution in [2.45, 2.75) is 64.5 Å². The predicted molar refractivity (Wildman–Crippen MR) is 143 cm³/mol. The van der Waals surface area contributed by atoms with Gasteiger partial charge in [-0.15, -0.1) is 0 Å². The quantitative estimate of drug-likeness (QED) is 0.397. The number of rotatable bonds is 10. The van der Waals surface area contributed by atoms with Crippen LogP contribution in [0, 0.1) is 0 Å². The zero-order valence-corrected chi connectivity index (χ0v) is 21.4. The van der Waals surface area contributed by atoms with Crippen LogP contribution in [0.5, 0.6) is 0 Å². The maximum Gasteiger partial charge on any atom is 0.243 e. The van der Waals surface area contributed by atoms with Gasteiger partial charge in [0, 0.05) is 24.4 Å². The molecule has 4 nitrogen and oxygen atoms in total. The van der Waals surface area contributed by atoms with Crippen molar-refractivity contribution >= 4 is 11.8 Å². The van der Waals surface area contributed by atoms with E-state index in [9.17, 15) is 9.59 Å². The van der Waals surface area contributed by atoms with Gasteiger partial charge in [0.2, 0.25) is 11.8 Å². The summed E-state index contributed by atoms with van der Waals surface area (Å²) in [5.74, 6) is -0.181. The summed E-state index contributed by atoms with van der Waals surface area (Å²) in [5, 5.41) is 3.09. The normalized spacial score (nSPS) is 12.3. The Morgan fingerprint density at radius 1 is 0.800 bits per heavy atom. The van der Waals surface area contributed by atoms with Crippen molar-refractivity contribution in [1.82, 2.24) is 10.2 Å². The lowest BCUT2D eigenvalue weighted by atomic mass is 9.88. The third-order valence-corrected chi connectivity index (χ3v) is 6.15. The Morgan fingerprint density at radius 3 is 1.74 bits per heavy atom. The van der Waals surface area contributed by atoms with E-state index in [0.29, 0.717) is 25.8 Å². The van der Waals surface area contributed by atoms with Crippen molar-refractivity contribution in [3.8, 4) is 0 Å². The first-order chi connectivity index (χ1) is 16.8. The van der Waals surface area contributed by atoms with Crippen LogP contribution >= 0.6 is 0 Å². The average Bonchev–Trinajstić information content (AvgIpc) is 2.85. The van der Waals surface area contributed by atoms with E-state index in [4.69, 9.17) is 0 Å². The third kappa shape index (κ3) is 7.81. The molecule has 0 aliphatic carbocycles. The summed E-state index contributed by atoms with van der Waals surface area (Å²) < 4.78 is 0. The molecule has 0 saturated heterocycles. The molecule has 0 spiro atoms. The smallest absolute Gasteiger partial charge is 0.243 e. The number of hydrogen-bond donors (Lipinski definition) is 1. The third-order valence-electron chi connectivity index (χ3n) is 6.15. The first kappa shape index (κ1) is 26.2. The van der Waals surface area contributed by atoms with Crippen LogP contribution in [0.15, 0.2) is 91.0 Å². The molecule has 0 radical (unpaired) electrons. The van der Waals surface area contributed by atoms with E-state index in [1.54, 1.807) is 4.90 Å². The Bertz CT molecular complexity index is 1020. The van der Waals surface area contributed by atoms with Gasteiger partial charge in [-0.3, -0.25) is 9.59 Å². The fraction of sp³-hybridized carbons (Fsp3) is 0.355. The standard InChI is InChI=1S/C31H38N2O2/c1-5-28(30(35)32-31(2,3)4)33(22-21-24-15-9-6-10-16-24)29(34)23-27(25-17-11-7-12-18-25)26-19-13-8-14-20-26/h6-20,27-28H,5,21-23H2,1-4H3,(H,32,35)/t28-/m1/s1. The molecule has 1 N–H and O–H groups in total. The first-order valence-electron chi connectivity index (χ1n) is 12.5. The van der Waals surface area contributed by atoms with E-state index >= 15 is 0 Å². The second-order valence-corrected chi connectivity index (χ2v) is 10.1. The highest BCUT2D eigenvalue weighted by Gasteiger charge is 2.32. The number of carbonyl (C=O) groups is 2. The van der Waals surface area contributed by atoms with E-state index in [1.165, 1.54) is 0 Å². The lowest BCUT2D eigenvalue weighted by molar-refractivity contribution is -0.141. The minimum atomic E-state index is -0.516. The number of benzene rings is 3. The predicted octanol–water partition coefficient (Wildman–Crippen LogP) is 5.97. The molecule has 0 aliphatic rings. The van der Waals surface area contributed by atoms with Crippen LogP contribution in [0.25, 0.3) is 0 Å². The molecule has 184 valence electrons. The fourth-order valence-corrected chi connectivity index (χ4v) is 4.44. The van der Waals surface area contributed by atoms with Gasteiger partial charge in [-0.25, -0.2) is 0 Å². The van der Waals surface area contributed by atoms with Crippen LogP contribution in [-0.2, 0) is 16.0 Å². The molecule has 0 fully saturated rings. The van der Waals surface area contributed by atoms with E-state index in [1.807, 2.05) is 82.3 Å². The Kier molecular flexibility index (Phi) is 9.25.